The maximum atomic E-state index is 12.1. The minimum Gasteiger partial charge on any atom is -0.352 e. The fraction of sp³-hybridized carbons (Fsp3) is 0.500. The lowest BCUT2D eigenvalue weighted by atomic mass is 9.89. The van der Waals surface area contributed by atoms with E-state index in [0.29, 0.717) is 21.3 Å². The highest BCUT2D eigenvalue weighted by Gasteiger charge is 2.23. The van der Waals surface area contributed by atoms with Gasteiger partial charge in [0.15, 0.2) is 0 Å². The first-order chi connectivity index (χ1) is 9.08. The summed E-state index contributed by atoms with van der Waals surface area (Å²) in [4.78, 5) is 12.6. The molecule has 104 valence electrons. The Bertz CT molecular complexity index is 467. The second-order valence-electron chi connectivity index (χ2n) is 4.90. The third-order valence-corrected chi connectivity index (χ3v) is 5.96. The molecule has 5 heteroatoms. The molecule has 2 unspecified atom stereocenters. The molecule has 0 aliphatic heterocycles. The summed E-state index contributed by atoms with van der Waals surface area (Å²) >= 11 is 13.0. The SMILES string of the molecule is O=C(NCC1CCCCC1Br)c1ccc(Br)c(Cl)c1. The fourth-order valence-electron chi connectivity index (χ4n) is 2.36. The van der Waals surface area contributed by atoms with Crippen molar-refractivity contribution in [2.75, 3.05) is 6.54 Å². The third-order valence-electron chi connectivity index (χ3n) is 3.52. The molecule has 1 aromatic rings. The van der Waals surface area contributed by atoms with Gasteiger partial charge in [-0.3, -0.25) is 4.79 Å². The quantitative estimate of drug-likeness (QED) is 0.715. The van der Waals surface area contributed by atoms with E-state index < -0.39 is 0 Å². The highest BCUT2D eigenvalue weighted by atomic mass is 79.9. The van der Waals surface area contributed by atoms with E-state index in [0.717, 1.165) is 11.0 Å². The Labute approximate surface area is 135 Å². The summed E-state index contributed by atoms with van der Waals surface area (Å²) < 4.78 is 0.804. The maximum Gasteiger partial charge on any atom is 0.251 e. The van der Waals surface area contributed by atoms with E-state index in [1.165, 1.54) is 25.7 Å². The van der Waals surface area contributed by atoms with Crippen molar-refractivity contribution in [1.29, 1.82) is 0 Å². The molecule has 0 heterocycles. The molecular weight excluding hydrogens is 393 g/mol. The van der Waals surface area contributed by atoms with Gasteiger partial charge in [-0.2, -0.15) is 0 Å². The van der Waals surface area contributed by atoms with Gasteiger partial charge in [0, 0.05) is 21.4 Å². The molecule has 0 saturated heterocycles. The molecule has 1 aromatic carbocycles. The van der Waals surface area contributed by atoms with Crippen LogP contribution in [0.15, 0.2) is 22.7 Å². The van der Waals surface area contributed by atoms with Gasteiger partial charge in [0.25, 0.3) is 5.91 Å². The van der Waals surface area contributed by atoms with Crippen molar-refractivity contribution < 1.29 is 4.79 Å². The molecule has 0 aromatic heterocycles. The molecule has 1 aliphatic carbocycles. The molecule has 1 aliphatic rings. The van der Waals surface area contributed by atoms with Crippen molar-refractivity contribution in [2.24, 2.45) is 5.92 Å². The van der Waals surface area contributed by atoms with E-state index in [9.17, 15) is 4.79 Å². The van der Waals surface area contributed by atoms with E-state index in [2.05, 4.69) is 37.2 Å². The Morgan fingerprint density at radius 3 is 2.79 bits per heavy atom. The molecular formula is C14H16Br2ClNO. The lowest BCUT2D eigenvalue weighted by Crippen LogP contribution is -2.34. The van der Waals surface area contributed by atoms with Gasteiger partial charge in [-0.15, -0.1) is 0 Å². The predicted octanol–water partition coefficient (Wildman–Crippen LogP) is 4.79. The Kier molecular flexibility index (Phi) is 5.72. The molecule has 2 nitrogen and oxygen atoms in total. The van der Waals surface area contributed by atoms with Crippen molar-refractivity contribution >= 4 is 49.4 Å². The van der Waals surface area contributed by atoms with Crippen LogP contribution in [0.25, 0.3) is 0 Å². The molecule has 19 heavy (non-hydrogen) atoms. The van der Waals surface area contributed by atoms with Crippen molar-refractivity contribution in [1.82, 2.24) is 5.32 Å². The highest BCUT2D eigenvalue weighted by molar-refractivity contribution is 9.10. The summed E-state index contributed by atoms with van der Waals surface area (Å²) in [5, 5.41) is 3.56. The van der Waals surface area contributed by atoms with Crippen LogP contribution in [0.5, 0.6) is 0 Å². The Morgan fingerprint density at radius 1 is 1.37 bits per heavy atom. The fourth-order valence-corrected chi connectivity index (χ4v) is 3.56. The zero-order chi connectivity index (χ0) is 13.8. The van der Waals surface area contributed by atoms with Crippen LogP contribution in [0.3, 0.4) is 0 Å². The summed E-state index contributed by atoms with van der Waals surface area (Å²) in [5.41, 5.74) is 0.607. The van der Waals surface area contributed by atoms with E-state index in [1.54, 1.807) is 18.2 Å². The summed E-state index contributed by atoms with van der Waals surface area (Å²) in [6, 6.07) is 5.26. The van der Waals surface area contributed by atoms with E-state index in [1.807, 2.05) is 0 Å². The monoisotopic (exact) mass is 407 g/mol. The maximum absolute atomic E-state index is 12.1. The molecule has 1 saturated carbocycles. The van der Waals surface area contributed by atoms with Crippen LogP contribution in [-0.4, -0.2) is 17.3 Å². The van der Waals surface area contributed by atoms with Gasteiger partial charge in [-0.1, -0.05) is 40.4 Å². The summed E-state index contributed by atoms with van der Waals surface area (Å²) in [6.07, 6.45) is 4.91. The lowest BCUT2D eigenvalue weighted by molar-refractivity contribution is 0.0944. The minimum atomic E-state index is -0.0559. The van der Waals surface area contributed by atoms with Crippen LogP contribution < -0.4 is 5.32 Å². The van der Waals surface area contributed by atoms with Crippen LogP contribution in [0.1, 0.15) is 36.0 Å². The average molecular weight is 410 g/mol. The third kappa shape index (κ3) is 4.20. The summed E-state index contributed by atoms with van der Waals surface area (Å²) in [6.45, 7) is 0.725. The van der Waals surface area contributed by atoms with Crippen LogP contribution in [0.2, 0.25) is 5.02 Å². The molecule has 1 fully saturated rings. The topological polar surface area (TPSA) is 29.1 Å². The molecule has 2 rings (SSSR count). The lowest BCUT2D eigenvalue weighted by Gasteiger charge is -2.27. The Balaban J connectivity index is 1.91. The van der Waals surface area contributed by atoms with Crippen LogP contribution in [0, 0.1) is 5.92 Å². The first kappa shape index (κ1) is 15.3. The Hall–Kier alpha value is -0.0600. The van der Waals surface area contributed by atoms with Crippen molar-refractivity contribution in [3.8, 4) is 0 Å². The number of halogens is 3. The van der Waals surface area contributed by atoms with Gasteiger partial charge in [0.05, 0.1) is 5.02 Å². The number of nitrogens with one attached hydrogen (secondary N) is 1. The molecule has 0 spiro atoms. The van der Waals surface area contributed by atoms with Gasteiger partial charge in [-0.25, -0.2) is 0 Å². The zero-order valence-corrected chi connectivity index (χ0v) is 14.4. The normalized spacial score (nSPS) is 23.1. The molecule has 0 radical (unpaired) electrons. The Morgan fingerprint density at radius 2 is 2.11 bits per heavy atom. The van der Waals surface area contributed by atoms with Crippen LogP contribution >= 0.6 is 43.5 Å². The van der Waals surface area contributed by atoms with Crippen LogP contribution in [-0.2, 0) is 0 Å². The van der Waals surface area contributed by atoms with E-state index in [4.69, 9.17) is 11.6 Å². The number of benzene rings is 1. The summed E-state index contributed by atoms with van der Waals surface area (Å²) in [7, 11) is 0. The van der Waals surface area contributed by atoms with Gasteiger partial charge < -0.3 is 5.32 Å². The molecule has 1 N–H and O–H groups in total. The number of rotatable bonds is 3. The number of hydrogen-bond donors (Lipinski definition) is 1. The zero-order valence-electron chi connectivity index (χ0n) is 10.5. The van der Waals surface area contributed by atoms with Crippen molar-refractivity contribution in [2.45, 2.75) is 30.5 Å². The first-order valence-corrected chi connectivity index (χ1v) is 8.54. The second-order valence-corrected chi connectivity index (χ2v) is 7.34. The first-order valence-electron chi connectivity index (χ1n) is 6.45. The summed E-state index contributed by atoms with van der Waals surface area (Å²) in [5.74, 6) is 0.475. The van der Waals surface area contributed by atoms with E-state index in [-0.39, 0.29) is 5.91 Å². The average Bonchev–Trinajstić information content (AvgIpc) is 2.40. The van der Waals surface area contributed by atoms with Gasteiger partial charge in [0.2, 0.25) is 0 Å². The smallest absolute Gasteiger partial charge is 0.251 e. The number of carbonyl (C=O) groups excluding carboxylic acids is 1. The van der Waals surface area contributed by atoms with Gasteiger partial charge >= 0.3 is 0 Å². The van der Waals surface area contributed by atoms with Crippen LogP contribution in [0.4, 0.5) is 0 Å². The number of amides is 1. The molecule has 2 atom stereocenters. The minimum absolute atomic E-state index is 0.0559. The van der Waals surface area contributed by atoms with Crippen molar-refractivity contribution in [3.05, 3.63) is 33.3 Å². The molecule has 0 bridgehead atoms. The van der Waals surface area contributed by atoms with Gasteiger partial charge in [0.1, 0.15) is 0 Å². The molecule has 1 amide bonds. The largest absolute Gasteiger partial charge is 0.352 e. The van der Waals surface area contributed by atoms with Crippen molar-refractivity contribution in [3.63, 3.8) is 0 Å². The van der Waals surface area contributed by atoms with Gasteiger partial charge in [-0.05, 0) is 52.9 Å². The highest BCUT2D eigenvalue weighted by Crippen LogP contribution is 2.29. The standard InChI is InChI=1S/C14H16Br2ClNO/c15-11-4-2-1-3-10(11)8-18-14(19)9-5-6-12(16)13(17)7-9/h5-7,10-11H,1-4,8H2,(H,18,19). The number of carbonyl (C=O) groups is 1. The number of hydrogen-bond acceptors (Lipinski definition) is 1. The van der Waals surface area contributed by atoms with E-state index >= 15 is 0 Å². The second kappa shape index (κ2) is 7.09. The number of alkyl halides is 1. The predicted molar refractivity (Wildman–Crippen MR) is 86.2 cm³/mol.